The van der Waals surface area contributed by atoms with Crippen molar-refractivity contribution in [3.63, 3.8) is 0 Å². The number of methoxy groups -OCH3 is 1. The number of aliphatic imine (C=N–C) groups is 1. The monoisotopic (exact) mass is 464 g/mol. The lowest BCUT2D eigenvalue weighted by molar-refractivity contribution is 0.381. The van der Waals surface area contributed by atoms with E-state index < -0.39 is 0 Å². The van der Waals surface area contributed by atoms with Crippen molar-refractivity contribution in [1.29, 1.82) is 0 Å². The molecule has 0 saturated heterocycles. The molecule has 4 rings (SSSR count). The molecular weight excluding hydrogens is 440 g/mol. The molecule has 0 bridgehead atoms. The molecule has 0 amide bonds. The molecule has 4 nitrogen and oxygen atoms in total. The Bertz CT molecular complexity index is 1060. The van der Waals surface area contributed by atoms with E-state index in [1.165, 1.54) is 5.56 Å². The lowest BCUT2D eigenvalue weighted by Gasteiger charge is -2.31. The zero-order chi connectivity index (χ0) is 21.1. The lowest BCUT2D eigenvalue weighted by Crippen LogP contribution is -2.33. The summed E-state index contributed by atoms with van der Waals surface area (Å²) in [6.07, 6.45) is 1.40. The molecular formula is C25H25BrN2O2. The number of phenolic OH excluding ortho intramolecular Hbond substituents is 1. The molecule has 0 radical (unpaired) electrons. The van der Waals surface area contributed by atoms with Gasteiger partial charge in [-0.2, -0.15) is 0 Å². The third kappa shape index (κ3) is 4.27. The second-order valence-corrected chi connectivity index (χ2v) is 8.31. The number of para-hydroxylation sites is 1. The smallest absolute Gasteiger partial charge is 0.130 e. The lowest BCUT2D eigenvalue weighted by atomic mass is 9.93. The fourth-order valence-electron chi connectivity index (χ4n) is 3.87. The SMILES string of the molecule is CCc1ccc(C2=N[C@H](c3cc(Br)ccc3OC)N[C@H](c3ccccc3O)C2)cc1. The van der Waals surface area contributed by atoms with Gasteiger partial charge >= 0.3 is 0 Å². The number of rotatable bonds is 5. The molecule has 0 aliphatic carbocycles. The first-order valence-electron chi connectivity index (χ1n) is 10.1. The Balaban J connectivity index is 1.79. The van der Waals surface area contributed by atoms with E-state index in [0.717, 1.165) is 39.0 Å². The molecule has 5 heteroatoms. The molecule has 0 aromatic heterocycles. The van der Waals surface area contributed by atoms with Gasteiger partial charge in [-0.15, -0.1) is 0 Å². The fraction of sp³-hybridized carbons (Fsp3) is 0.240. The molecule has 154 valence electrons. The first kappa shape index (κ1) is 20.6. The number of phenols is 1. The van der Waals surface area contributed by atoms with Crippen LogP contribution in [-0.2, 0) is 6.42 Å². The van der Waals surface area contributed by atoms with Crippen LogP contribution in [0.15, 0.2) is 76.2 Å². The largest absolute Gasteiger partial charge is 0.508 e. The van der Waals surface area contributed by atoms with E-state index in [0.29, 0.717) is 6.42 Å². The van der Waals surface area contributed by atoms with Gasteiger partial charge in [0.1, 0.15) is 17.7 Å². The molecule has 30 heavy (non-hydrogen) atoms. The van der Waals surface area contributed by atoms with Crippen molar-refractivity contribution in [2.24, 2.45) is 4.99 Å². The Morgan fingerprint density at radius 3 is 2.53 bits per heavy atom. The van der Waals surface area contributed by atoms with Crippen molar-refractivity contribution in [1.82, 2.24) is 5.32 Å². The van der Waals surface area contributed by atoms with Gasteiger partial charge in [-0.3, -0.25) is 10.3 Å². The summed E-state index contributed by atoms with van der Waals surface area (Å²) in [7, 11) is 1.67. The fourth-order valence-corrected chi connectivity index (χ4v) is 4.25. The van der Waals surface area contributed by atoms with Gasteiger partial charge in [0.25, 0.3) is 0 Å². The van der Waals surface area contributed by atoms with Gasteiger partial charge in [-0.05, 0) is 41.8 Å². The van der Waals surface area contributed by atoms with E-state index in [1.54, 1.807) is 13.2 Å². The predicted molar refractivity (Wildman–Crippen MR) is 124 cm³/mol. The molecule has 1 aliphatic heterocycles. The zero-order valence-corrected chi connectivity index (χ0v) is 18.7. The predicted octanol–water partition coefficient (Wildman–Crippen LogP) is 5.95. The standard InChI is InChI=1S/C25H25BrN2O2/c1-3-16-8-10-17(11-9-16)21-15-22(19-6-4-5-7-23(19)29)28-25(27-21)20-14-18(26)12-13-24(20)30-2/h4-14,22,25,28-29H,3,15H2,1-2H3/t22-,25-/m0/s1. The number of ether oxygens (including phenoxy) is 1. The van der Waals surface area contributed by atoms with Crippen LogP contribution in [0, 0.1) is 0 Å². The molecule has 0 spiro atoms. The highest BCUT2D eigenvalue weighted by Crippen LogP contribution is 2.37. The quantitative estimate of drug-likeness (QED) is 0.490. The van der Waals surface area contributed by atoms with Crippen molar-refractivity contribution in [3.05, 3.63) is 93.5 Å². The highest BCUT2D eigenvalue weighted by Gasteiger charge is 2.29. The van der Waals surface area contributed by atoms with Crippen LogP contribution in [0.2, 0.25) is 0 Å². The average molecular weight is 465 g/mol. The summed E-state index contributed by atoms with van der Waals surface area (Å²) in [5.41, 5.74) is 5.24. The number of halogens is 1. The summed E-state index contributed by atoms with van der Waals surface area (Å²) in [6.45, 7) is 2.15. The van der Waals surface area contributed by atoms with Crippen LogP contribution in [0.5, 0.6) is 11.5 Å². The van der Waals surface area contributed by atoms with E-state index in [9.17, 15) is 5.11 Å². The zero-order valence-electron chi connectivity index (χ0n) is 17.1. The van der Waals surface area contributed by atoms with Crippen molar-refractivity contribution in [2.75, 3.05) is 7.11 Å². The van der Waals surface area contributed by atoms with Crippen molar-refractivity contribution < 1.29 is 9.84 Å². The second kappa shape index (κ2) is 9.02. The average Bonchev–Trinajstić information content (AvgIpc) is 2.79. The third-order valence-electron chi connectivity index (χ3n) is 5.54. The molecule has 3 aromatic rings. The molecule has 2 N–H and O–H groups in total. The maximum absolute atomic E-state index is 10.5. The van der Waals surface area contributed by atoms with Crippen LogP contribution < -0.4 is 10.1 Å². The highest BCUT2D eigenvalue weighted by atomic mass is 79.9. The summed E-state index contributed by atoms with van der Waals surface area (Å²) < 4.78 is 6.58. The number of aromatic hydroxyl groups is 1. The Labute approximate surface area is 185 Å². The normalized spacial score (nSPS) is 18.7. The Morgan fingerprint density at radius 1 is 1.07 bits per heavy atom. The van der Waals surface area contributed by atoms with Gasteiger partial charge in [-0.1, -0.05) is 65.3 Å². The Kier molecular flexibility index (Phi) is 6.21. The topological polar surface area (TPSA) is 53.8 Å². The minimum absolute atomic E-state index is 0.0711. The minimum atomic E-state index is -0.295. The summed E-state index contributed by atoms with van der Waals surface area (Å²) in [5.74, 6) is 1.07. The van der Waals surface area contributed by atoms with Gasteiger partial charge in [0.05, 0.1) is 7.11 Å². The van der Waals surface area contributed by atoms with Gasteiger partial charge < -0.3 is 9.84 Å². The molecule has 2 atom stereocenters. The van der Waals surface area contributed by atoms with Crippen molar-refractivity contribution >= 4 is 21.6 Å². The van der Waals surface area contributed by atoms with Gasteiger partial charge in [-0.25, -0.2) is 0 Å². The first-order chi connectivity index (χ1) is 14.6. The van der Waals surface area contributed by atoms with Crippen LogP contribution >= 0.6 is 15.9 Å². The molecule has 0 fully saturated rings. The first-order valence-corrected chi connectivity index (χ1v) is 10.9. The molecule has 1 aliphatic rings. The highest BCUT2D eigenvalue weighted by molar-refractivity contribution is 9.10. The van der Waals surface area contributed by atoms with Crippen molar-refractivity contribution in [2.45, 2.75) is 32.0 Å². The Morgan fingerprint density at radius 2 is 1.83 bits per heavy atom. The number of nitrogens with one attached hydrogen (secondary N) is 1. The molecule has 0 unspecified atom stereocenters. The van der Waals surface area contributed by atoms with E-state index in [4.69, 9.17) is 9.73 Å². The summed E-state index contributed by atoms with van der Waals surface area (Å²) >= 11 is 3.57. The van der Waals surface area contributed by atoms with Gasteiger partial charge in [0, 0.05) is 33.8 Å². The summed E-state index contributed by atoms with van der Waals surface area (Å²) in [6, 6.07) is 21.9. The van der Waals surface area contributed by atoms with E-state index in [2.05, 4.69) is 52.4 Å². The van der Waals surface area contributed by atoms with Gasteiger partial charge in [0.15, 0.2) is 0 Å². The van der Waals surface area contributed by atoms with Crippen LogP contribution in [0.1, 0.15) is 47.8 Å². The number of hydrogen-bond donors (Lipinski definition) is 2. The summed E-state index contributed by atoms with van der Waals surface area (Å²) in [5, 5.41) is 14.1. The van der Waals surface area contributed by atoms with Gasteiger partial charge in [0.2, 0.25) is 0 Å². The van der Waals surface area contributed by atoms with Crippen LogP contribution in [0.3, 0.4) is 0 Å². The van der Waals surface area contributed by atoms with E-state index >= 15 is 0 Å². The maximum atomic E-state index is 10.5. The molecule has 0 saturated carbocycles. The van der Waals surface area contributed by atoms with Crippen LogP contribution in [0.4, 0.5) is 0 Å². The van der Waals surface area contributed by atoms with Crippen molar-refractivity contribution in [3.8, 4) is 11.5 Å². The van der Waals surface area contributed by atoms with Crippen LogP contribution in [0.25, 0.3) is 0 Å². The molecule has 1 heterocycles. The molecule has 3 aromatic carbocycles. The number of hydrogen-bond acceptors (Lipinski definition) is 4. The van der Waals surface area contributed by atoms with E-state index in [1.807, 2.05) is 36.4 Å². The number of nitrogens with zero attached hydrogens (tertiary/aromatic N) is 1. The van der Waals surface area contributed by atoms with E-state index in [-0.39, 0.29) is 18.0 Å². The minimum Gasteiger partial charge on any atom is -0.508 e. The maximum Gasteiger partial charge on any atom is 0.130 e. The second-order valence-electron chi connectivity index (χ2n) is 7.40. The third-order valence-corrected chi connectivity index (χ3v) is 6.03. The number of benzene rings is 3. The summed E-state index contributed by atoms with van der Waals surface area (Å²) in [4.78, 5) is 5.06. The van der Waals surface area contributed by atoms with Crippen LogP contribution in [-0.4, -0.2) is 17.9 Å². The Hall–Kier alpha value is -2.63. The number of aryl methyl sites for hydroxylation is 1.